The van der Waals surface area contributed by atoms with E-state index < -0.39 is 77.5 Å². The van der Waals surface area contributed by atoms with Crippen molar-refractivity contribution in [3.8, 4) is 0 Å². The van der Waals surface area contributed by atoms with Gasteiger partial charge in [0.05, 0.1) is 0 Å². The normalized spacial score (nSPS) is 32.1. The highest BCUT2D eigenvalue weighted by Gasteiger charge is 2.90. The molecule has 15 heteroatoms. The number of hydrogen-bond acceptors (Lipinski definition) is 4. The molecule has 34 heavy (non-hydrogen) atoms. The van der Waals surface area contributed by atoms with Crippen LogP contribution in [-0.4, -0.2) is 58.4 Å². The zero-order chi connectivity index (χ0) is 27.8. The van der Waals surface area contributed by atoms with Crippen molar-refractivity contribution in [2.24, 2.45) is 10.8 Å². The van der Waals surface area contributed by atoms with Crippen molar-refractivity contribution in [2.75, 3.05) is 0 Å². The maximum atomic E-state index is 15.8. The van der Waals surface area contributed by atoms with E-state index in [1.165, 1.54) is 20.8 Å². The smallest absolute Gasteiger partial charge is 0.447 e. The first-order valence-corrected chi connectivity index (χ1v) is 9.64. The van der Waals surface area contributed by atoms with Gasteiger partial charge in [-0.05, 0) is 18.8 Å². The molecule has 0 amide bonds. The number of ether oxygens (including phenoxy) is 2. The van der Waals surface area contributed by atoms with Gasteiger partial charge in [-0.3, -0.25) is 0 Å². The van der Waals surface area contributed by atoms with Crippen molar-refractivity contribution in [2.45, 2.75) is 102 Å². The highest BCUT2D eigenvalue weighted by molar-refractivity contribution is 5.81. The first kappa shape index (κ1) is 30.7. The molecule has 0 aromatic heterocycles. The second kappa shape index (κ2) is 7.81. The summed E-state index contributed by atoms with van der Waals surface area (Å²) in [7, 11) is 0. The second-order valence-corrected chi connectivity index (χ2v) is 10.6. The van der Waals surface area contributed by atoms with Crippen molar-refractivity contribution in [1.82, 2.24) is 0 Å². The molecule has 0 aliphatic carbocycles. The van der Waals surface area contributed by atoms with Gasteiger partial charge in [0.25, 0.3) is 0 Å². The zero-order valence-electron chi connectivity index (χ0n) is 19.1. The molecule has 1 rings (SSSR count). The van der Waals surface area contributed by atoms with Crippen LogP contribution >= 0.6 is 0 Å². The molecule has 0 saturated carbocycles. The fourth-order valence-corrected chi connectivity index (χ4v) is 3.30. The molecule has 4 unspecified atom stereocenters. The summed E-state index contributed by atoms with van der Waals surface area (Å²) in [6.07, 6.45) is -19.1. The van der Waals surface area contributed by atoms with Gasteiger partial charge in [-0.2, -0.15) is 43.9 Å². The molecule has 1 aliphatic heterocycles. The fraction of sp³-hybridized carbons (Fsp3) is 0.947. The minimum absolute atomic E-state index is 0.735. The van der Waals surface area contributed by atoms with Crippen LogP contribution in [0.25, 0.3) is 0 Å². The monoisotopic (exact) mass is 526 g/mol. The molecule has 202 valence electrons. The number of halogens is 11. The van der Waals surface area contributed by atoms with Crippen molar-refractivity contribution in [1.29, 1.82) is 0 Å². The number of carbonyl (C=O) groups is 1. The summed E-state index contributed by atoms with van der Waals surface area (Å²) < 4.78 is 162. The Morgan fingerprint density at radius 1 is 0.853 bits per heavy atom. The topological polar surface area (TPSA) is 55.8 Å². The molecule has 0 spiro atoms. The lowest BCUT2D eigenvalue weighted by Gasteiger charge is -2.54. The Hall–Kier alpha value is -1.38. The van der Waals surface area contributed by atoms with Crippen LogP contribution in [-0.2, 0) is 14.3 Å². The fourth-order valence-electron chi connectivity index (χ4n) is 3.30. The lowest BCUT2D eigenvalue weighted by molar-refractivity contribution is -0.537. The van der Waals surface area contributed by atoms with Gasteiger partial charge in [0.1, 0.15) is 0 Å². The molecule has 0 radical (unpaired) electrons. The average molecular weight is 526 g/mol. The second-order valence-electron chi connectivity index (χ2n) is 10.6. The Balaban J connectivity index is 3.84. The summed E-state index contributed by atoms with van der Waals surface area (Å²) in [5.41, 5.74) is -11.9. The van der Waals surface area contributed by atoms with Crippen LogP contribution in [0.5, 0.6) is 0 Å². The zero-order valence-corrected chi connectivity index (χ0v) is 19.1. The predicted molar refractivity (Wildman–Crippen MR) is 93.7 cm³/mol. The molecule has 0 bridgehead atoms. The summed E-state index contributed by atoms with van der Waals surface area (Å²) in [6, 6.07) is 0. The predicted octanol–water partition coefficient (Wildman–Crippen LogP) is 5.96. The van der Waals surface area contributed by atoms with E-state index in [0.717, 1.165) is 20.8 Å². The Morgan fingerprint density at radius 3 is 1.56 bits per heavy atom. The lowest BCUT2D eigenvalue weighted by atomic mass is 9.69. The Bertz CT molecular complexity index is 756. The molecule has 1 N–H and O–H groups in total. The van der Waals surface area contributed by atoms with E-state index in [4.69, 9.17) is 0 Å². The van der Waals surface area contributed by atoms with Gasteiger partial charge in [0, 0.05) is 5.41 Å². The Kier molecular flexibility index (Phi) is 7.04. The van der Waals surface area contributed by atoms with Crippen LogP contribution in [0.4, 0.5) is 48.3 Å². The average Bonchev–Trinajstić information content (AvgIpc) is 2.52. The quantitative estimate of drug-likeness (QED) is 0.364. The summed E-state index contributed by atoms with van der Waals surface area (Å²) >= 11 is 0. The minimum Gasteiger partial charge on any atom is -0.447 e. The van der Waals surface area contributed by atoms with Crippen LogP contribution in [0.2, 0.25) is 0 Å². The molecular formula is C19H25F11O4. The van der Waals surface area contributed by atoms with E-state index in [-0.39, 0.29) is 0 Å². The molecule has 0 aromatic carbocycles. The third-order valence-electron chi connectivity index (χ3n) is 5.53. The molecule has 1 fully saturated rings. The third kappa shape index (κ3) is 4.46. The molecular weight excluding hydrogens is 501 g/mol. The van der Waals surface area contributed by atoms with E-state index in [0.29, 0.717) is 0 Å². The van der Waals surface area contributed by atoms with E-state index in [2.05, 4.69) is 9.47 Å². The highest BCUT2D eigenvalue weighted by atomic mass is 19.4. The van der Waals surface area contributed by atoms with Gasteiger partial charge in [-0.1, -0.05) is 41.5 Å². The highest BCUT2D eigenvalue weighted by Crippen LogP contribution is 2.62. The van der Waals surface area contributed by atoms with Crippen LogP contribution in [0.1, 0.15) is 54.9 Å². The van der Waals surface area contributed by atoms with Crippen LogP contribution in [0.3, 0.4) is 0 Å². The maximum Gasteiger partial charge on any atom is 0.449 e. The van der Waals surface area contributed by atoms with E-state index in [9.17, 15) is 53.8 Å². The minimum atomic E-state index is -6.79. The number of aliphatic hydroxyl groups is 1. The Morgan fingerprint density at radius 2 is 1.26 bits per heavy atom. The van der Waals surface area contributed by atoms with E-state index >= 15 is 4.39 Å². The van der Waals surface area contributed by atoms with Crippen molar-refractivity contribution >= 4 is 5.97 Å². The maximum absolute atomic E-state index is 15.8. The van der Waals surface area contributed by atoms with Crippen molar-refractivity contribution in [3.63, 3.8) is 0 Å². The number of esters is 1. The summed E-state index contributed by atoms with van der Waals surface area (Å²) in [6.45, 7) is 6.29. The van der Waals surface area contributed by atoms with Crippen LogP contribution in [0, 0.1) is 10.8 Å². The van der Waals surface area contributed by atoms with Gasteiger partial charge >= 0.3 is 36.0 Å². The van der Waals surface area contributed by atoms with Gasteiger partial charge in [-0.15, -0.1) is 0 Å². The standard InChI is InChI=1S/C19H25F11O4/c1-11(2,3)8-14(20,12(4,5)6)10(31)33-9-15(21,22)13(7,18(25,26)27)34-17(32,16(9,23)24)19(28,29)30/h9,32H,8H2,1-7H3. The molecule has 1 aliphatic rings. The largest absolute Gasteiger partial charge is 0.449 e. The van der Waals surface area contributed by atoms with E-state index in [1.54, 1.807) is 0 Å². The van der Waals surface area contributed by atoms with E-state index in [1.807, 2.05) is 0 Å². The van der Waals surface area contributed by atoms with Gasteiger partial charge in [0.15, 0.2) is 0 Å². The summed E-state index contributed by atoms with van der Waals surface area (Å²) in [4.78, 5) is 12.6. The van der Waals surface area contributed by atoms with Crippen LogP contribution in [0.15, 0.2) is 0 Å². The number of rotatable bonds is 3. The third-order valence-corrected chi connectivity index (χ3v) is 5.53. The molecule has 4 nitrogen and oxygen atoms in total. The van der Waals surface area contributed by atoms with Crippen LogP contribution < -0.4 is 0 Å². The van der Waals surface area contributed by atoms with Crippen molar-refractivity contribution < 1.29 is 67.7 Å². The summed E-state index contributed by atoms with van der Waals surface area (Å²) in [5, 5.41) is 9.48. The molecule has 4 atom stereocenters. The molecule has 1 saturated heterocycles. The molecule has 0 aromatic rings. The summed E-state index contributed by atoms with van der Waals surface area (Å²) in [5.74, 6) is -21.3. The number of alkyl halides is 11. The molecule has 1 heterocycles. The first-order valence-electron chi connectivity index (χ1n) is 9.64. The van der Waals surface area contributed by atoms with Gasteiger partial charge in [-0.25, -0.2) is 9.18 Å². The van der Waals surface area contributed by atoms with Gasteiger partial charge < -0.3 is 14.6 Å². The number of hydrogen-bond donors (Lipinski definition) is 1. The SMILES string of the molecule is CC(C)(C)CC(F)(C(=O)OC1C(F)(F)C(C)(C(F)(F)F)OC(O)(C(F)(F)F)C1(F)F)C(C)(C)C. The number of carbonyl (C=O) groups excluding carboxylic acids is 1. The lowest BCUT2D eigenvalue weighted by Crippen LogP contribution is -2.82. The van der Waals surface area contributed by atoms with Crippen molar-refractivity contribution in [3.05, 3.63) is 0 Å². The first-order chi connectivity index (χ1) is 14.4. The van der Waals surface area contributed by atoms with Gasteiger partial charge in [0.2, 0.25) is 17.4 Å². The Labute approximate surface area is 187 Å².